The van der Waals surface area contributed by atoms with Crippen LogP contribution in [0.3, 0.4) is 0 Å². The first-order valence-electron chi connectivity index (χ1n) is 6.88. The predicted molar refractivity (Wildman–Crippen MR) is 70.8 cm³/mol. The second-order valence-electron chi connectivity index (χ2n) is 5.32. The van der Waals surface area contributed by atoms with Gasteiger partial charge in [-0.15, -0.1) is 0 Å². The van der Waals surface area contributed by atoms with Crippen LogP contribution in [0.1, 0.15) is 20.3 Å². The van der Waals surface area contributed by atoms with E-state index >= 15 is 0 Å². The fourth-order valence-corrected chi connectivity index (χ4v) is 1.91. The van der Waals surface area contributed by atoms with Crippen LogP contribution in [0.15, 0.2) is 0 Å². The van der Waals surface area contributed by atoms with Gasteiger partial charge in [-0.25, -0.2) is 0 Å². The summed E-state index contributed by atoms with van der Waals surface area (Å²) in [5.41, 5.74) is 0. The number of hydrogen-bond donors (Lipinski definition) is 3. The molecule has 0 unspecified atom stereocenters. The lowest BCUT2D eigenvalue weighted by atomic mass is 10.0. The number of nitrogens with one attached hydrogen (secondary N) is 1. The minimum atomic E-state index is -1.02. The average molecular weight is 277 g/mol. The van der Waals surface area contributed by atoms with Crippen LogP contribution in [0.2, 0.25) is 0 Å². The Bertz CT molecular complexity index is 239. The molecule has 1 rings (SSSR count). The third-order valence-corrected chi connectivity index (χ3v) is 3.01. The molecular weight excluding hydrogens is 250 g/mol. The van der Waals surface area contributed by atoms with Gasteiger partial charge in [0.1, 0.15) is 12.2 Å². The van der Waals surface area contributed by atoms with E-state index in [1.807, 2.05) is 13.8 Å². The maximum atomic E-state index is 10.0. The highest BCUT2D eigenvalue weighted by molar-refractivity contribution is 4.87. The lowest BCUT2D eigenvalue weighted by molar-refractivity contribution is -0.253. The van der Waals surface area contributed by atoms with Gasteiger partial charge in [-0.3, -0.25) is 0 Å². The van der Waals surface area contributed by atoms with E-state index < -0.39 is 18.5 Å². The van der Waals surface area contributed by atoms with E-state index in [1.54, 1.807) is 7.11 Å². The Labute approximate surface area is 115 Å². The topological polar surface area (TPSA) is 80.2 Å². The second kappa shape index (κ2) is 8.84. The molecule has 0 radical (unpaired) electrons. The summed E-state index contributed by atoms with van der Waals surface area (Å²) < 4.78 is 15.8. The molecule has 19 heavy (non-hydrogen) atoms. The van der Waals surface area contributed by atoms with Crippen LogP contribution in [0.25, 0.3) is 0 Å². The third kappa shape index (κ3) is 5.72. The van der Waals surface area contributed by atoms with E-state index in [-0.39, 0.29) is 6.04 Å². The smallest absolute Gasteiger partial charge is 0.186 e. The van der Waals surface area contributed by atoms with Crippen LogP contribution in [0.4, 0.5) is 0 Å². The van der Waals surface area contributed by atoms with Gasteiger partial charge < -0.3 is 29.7 Å². The Morgan fingerprint density at radius 3 is 2.68 bits per heavy atom. The van der Waals surface area contributed by atoms with Gasteiger partial charge in [-0.2, -0.15) is 0 Å². The van der Waals surface area contributed by atoms with Gasteiger partial charge in [0.05, 0.1) is 19.3 Å². The minimum absolute atomic E-state index is 0.272. The number of hydrogen-bond acceptors (Lipinski definition) is 6. The van der Waals surface area contributed by atoms with E-state index in [1.165, 1.54) is 0 Å². The van der Waals surface area contributed by atoms with Crippen LogP contribution >= 0.6 is 0 Å². The Morgan fingerprint density at radius 1 is 1.32 bits per heavy atom. The molecule has 0 aromatic rings. The first-order chi connectivity index (χ1) is 9.06. The van der Waals surface area contributed by atoms with Crippen molar-refractivity contribution in [1.29, 1.82) is 0 Å². The summed E-state index contributed by atoms with van der Waals surface area (Å²) in [7, 11) is 1.65. The Kier molecular flexibility index (Phi) is 7.82. The third-order valence-electron chi connectivity index (χ3n) is 3.01. The number of aliphatic hydroxyl groups excluding tert-OH is 2. The quantitative estimate of drug-likeness (QED) is 0.530. The van der Waals surface area contributed by atoms with Gasteiger partial charge >= 0.3 is 0 Å². The lowest BCUT2D eigenvalue weighted by Crippen LogP contribution is -2.59. The molecule has 1 fully saturated rings. The fraction of sp³-hybridized carbons (Fsp3) is 1.00. The molecule has 0 amide bonds. The van der Waals surface area contributed by atoms with Crippen molar-refractivity contribution in [2.75, 3.05) is 33.5 Å². The highest BCUT2D eigenvalue weighted by Crippen LogP contribution is 2.17. The molecule has 0 aliphatic carbocycles. The highest BCUT2D eigenvalue weighted by Gasteiger charge is 2.38. The highest BCUT2D eigenvalue weighted by atomic mass is 16.7. The zero-order chi connectivity index (χ0) is 14.3. The Morgan fingerprint density at radius 2 is 2.05 bits per heavy atom. The van der Waals surface area contributed by atoms with Crippen LogP contribution in [-0.4, -0.2) is 68.2 Å². The first-order valence-corrected chi connectivity index (χ1v) is 6.88. The molecular formula is C13H27NO5. The van der Waals surface area contributed by atoms with Gasteiger partial charge in [0.2, 0.25) is 0 Å². The van der Waals surface area contributed by atoms with Crippen LogP contribution < -0.4 is 5.32 Å². The summed E-state index contributed by atoms with van der Waals surface area (Å²) in [4.78, 5) is 0. The molecule has 6 nitrogen and oxygen atoms in total. The van der Waals surface area contributed by atoms with Gasteiger partial charge in [0.25, 0.3) is 0 Å². The summed E-state index contributed by atoms with van der Waals surface area (Å²) in [5, 5.41) is 23.1. The number of aliphatic hydroxyl groups is 2. The normalized spacial score (nSPS) is 31.9. The molecule has 0 aromatic heterocycles. The molecule has 114 valence electrons. The van der Waals surface area contributed by atoms with E-state index in [2.05, 4.69) is 5.32 Å². The van der Waals surface area contributed by atoms with E-state index in [9.17, 15) is 10.2 Å². The van der Waals surface area contributed by atoms with Crippen molar-refractivity contribution >= 4 is 0 Å². The molecule has 0 saturated carbocycles. The summed E-state index contributed by atoms with van der Waals surface area (Å²) in [6, 6.07) is -0.272. The molecule has 4 atom stereocenters. The zero-order valence-electron chi connectivity index (χ0n) is 12.0. The maximum Gasteiger partial charge on any atom is 0.186 e. The maximum absolute atomic E-state index is 10.0. The monoisotopic (exact) mass is 277 g/mol. The number of ether oxygens (including phenoxy) is 3. The van der Waals surface area contributed by atoms with Gasteiger partial charge in [0.15, 0.2) is 6.29 Å². The predicted octanol–water partition coefficient (Wildman–Crippen LogP) is -0.268. The summed E-state index contributed by atoms with van der Waals surface area (Å²) in [5.74, 6) is 0.359. The minimum Gasteiger partial charge on any atom is -0.388 e. The molecule has 0 aromatic carbocycles. The first kappa shape index (κ1) is 16.8. The van der Waals surface area contributed by atoms with Crippen molar-refractivity contribution in [3.8, 4) is 0 Å². The van der Waals surface area contributed by atoms with E-state index in [0.717, 1.165) is 6.42 Å². The van der Waals surface area contributed by atoms with Crippen molar-refractivity contribution in [3.63, 3.8) is 0 Å². The van der Waals surface area contributed by atoms with Gasteiger partial charge in [0, 0.05) is 13.7 Å². The zero-order valence-corrected chi connectivity index (χ0v) is 12.0. The summed E-state index contributed by atoms with van der Waals surface area (Å²) in [6.07, 6.45) is -1.79. The molecule has 0 spiro atoms. The van der Waals surface area contributed by atoms with E-state index in [0.29, 0.717) is 32.3 Å². The van der Waals surface area contributed by atoms with Crippen molar-refractivity contribution in [2.24, 2.45) is 5.92 Å². The average Bonchev–Trinajstić information content (AvgIpc) is 2.38. The standard InChI is InChI=1S/C13H27NO5/c1-9(2)7-18-13-12(16)11(15)10(8-19-13)14-5-4-6-17-3/h9-16H,4-8H2,1-3H3/t10-,11-,12+,13+/m1/s1. The molecule has 1 aliphatic rings. The molecule has 6 heteroatoms. The van der Waals surface area contributed by atoms with Crippen molar-refractivity contribution in [1.82, 2.24) is 5.32 Å². The molecule has 1 saturated heterocycles. The van der Waals surface area contributed by atoms with Crippen LogP contribution in [-0.2, 0) is 14.2 Å². The van der Waals surface area contributed by atoms with Gasteiger partial charge in [-0.05, 0) is 18.9 Å². The fourth-order valence-electron chi connectivity index (χ4n) is 1.91. The second-order valence-corrected chi connectivity index (χ2v) is 5.32. The van der Waals surface area contributed by atoms with Gasteiger partial charge in [-0.1, -0.05) is 13.8 Å². The van der Waals surface area contributed by atoms with Crippen molar-refractivity contribution < 1.29 is 24.4 Å². The lowest BCUT2D eigenvalue weighted by Gasteiger charge is -2.38. The SMILES string of the molecule is COCCCN[C@@H]1CO[C@H](OCC(C)C)[C@@H](O)[C@@H]1O. The van der Waals surface area contributed by atoms with Crippen LogP contribution in [0, 0.1) is 5.92 Å². The van der Waals surface area contributed by atoms with E-state index in [4.69, 9.17) is 14.2 Å². The Balaban J connectivity index is 2.30. The Hall–Kier alpha value is -0.240. The largest absolute Gasteiger partial charge is 0.388 e. The molecule has 1 heterocycles. The summed E-state index contributed by atoms with van der Waals surface area (Å²) in [6.45, 7) is 6.24. The number of methoxy groups -OCH3 is 1. The van der Waals surface area contributed by atoms with Crippen molar-refractivity contribution in [3.05, 3.63) is 0 Å². The number of rotatable bonds is 8. The molecule has 3 N–H and O–H groups in total. The summed E-state index contributed by atoms with van der Waals surface area (Å²) >= 11 is 0. The van der Waals surface area contributed by atoms with Crippen molar-refractivity contribution in [2.45, 2.75) is 44.8 Å². The molecule has 0 bridgehead atoms. The van der Waals surface area contributed by atoms with Crippen LogP contribution in [0.5, 0.6) is 0 Å². The molecule has 1 aliphatic heterocycles.